The van der Waals surface area contributed by atoms with Crippen molar-refractivity contribution in [2.75, 3.05) is 7.05 Å². The lowest BCUT2D eigenvalue weighted by Crippen LogP contribution is -2.14. The highest BCUT2D eigenvalue weighted by Crippen LogP contribution is 2.32. The van der Waals surface area contributed by atoms with Gasteiger partial charge < -0.3 is 10.1 Å². The van der Waals surface area contributed by atoms with E-state index < -0.39 is 4.92 Å². The molecule has 0 aliphatic heterocycles. The quantitative estimate of drug-likeness (QED) is 0.672. The summed E-state index contributed by atoms with van der Waals surface area (Å²) in [5.74, 6) is 0.233. The van der Waals surface area contributed by atoms with Crippen molar-refractivity contribution in [3.8, 4) is 11.5 Å². The molecule has 1 N–H and O–H groups in total. The minimum Gasteiger partial charge on any atom is -0.457 e. The molecule has 0 amide bonds. The second-order valence-electron chi connectivity index (χ2n) is 4.52. The summed E-state index contributed by atoms with van der Waals surface area (Å²) < 4.78 is 19.6. The van der Waals surface area contributed by atoms with Gasteiger partial charge in [0.15, 0.2) is 0 Å². The van der Waals surface area contributed by atoms with Crippen molar-refractivity contribution in [3.63, 3.8) is 0 Å². The predicted molar refractivity (Wildman–Crippen MR) is 77.0 cm³/mol. The first-order valence-electron chi connectivity index (χ1n) is 6.41. The minimum atomic E-state index is -0.504. The van der Waals surface area contributed by atoms with Crippen LogP contribution in [0.5, 0.6) is 11.5 Å². The molecule has 0 aliphatic carbocycles. The van der Waals surface area contributed by atoms with E-state index in [4.69, 9.17) is 4.74 Å². The smallest absolute Gasteiger partial charge is 0.273 e. The van der Waals surface area contributed by atoms with Gasteiger partial charge in [-0.3, -0.25) is 10.1 Å². The number of hydrogen-bond acceptors (Lipinski definition) is 4. The number of nitrogens with zero attached hydrogens (tertiary/aromatic N) is 1. The summed E-state index contributed by atoms with van der Waals surface area (Å²) in [6.07, 6.45) is 0. The van der Waals surface area contributed by atoms with Crippen LogP contribution in [0, 0.1) is 15.9 Å². The van der Waals surface area contributed by atoms with E-state index in [2.05, 4.69) is 5.32 Å². The van der Waals surface area contributed by atoms with E-state index >= 15 is 0 Å². The zero-order valence-electron chi connectivity index (χ0n) is 11.7. The third-order valence-electron chi connectivity index (χ3n) is 3.14. The number of nitro benzene ring substituents is 1. The summed E-state index contributed by atoms with van der Waals surface area (Å²) in [4.78, 5) is 10.3. The van der Waals surface area contributed by atoms with Gasteiger partial charge in [-0.1, -0.05) is 12.1 Å². The van der Waals surface area contributed by atoms with Crippen molar-refractivity contribution in [2.24, 2.45) is 0 Å². The largest absolute Gasteiger partial charge is 0.457 e. The van der Waals surface area contributed by atoms with Gasteiger partial charge in [-0.25, -0.2) is 4.39 Å². The second kappa shape index (κ2) is 6.32. The summed E-state index contributed by atoms with van der Waals surface area (Å²) in [5.41, 5.74) is 0.304. The minimum absolute atomic E-state index is 0.0767. The third-order valence-corrected chi connectivity index (χ3v) is 3.14. The van der Waals surface area contributed by atoms with E-state index in [0.717, 1.165) is 0 Å². The Morgan fingerprint density at radius 1 is 1.29 bits per heavy atom. The standard InChI is InChI=1S/C15H15FN2O3/c1-10(17-2)15-13(16)7-4-8-14(15)21-12-6-3-5-11(9-12)18(19)20/h3-10,17H,1-2H3. The van der Waals surface area contributed by atoms with Crippen LogP contribution >= 0.6 is 0 Å². The fourth-order valence-electron chi connectivity index (χ4n) is 1.96. The lowest BCUT2D eigenvalue weighted by atomic mass is 10.1. The summed E-state index contributed by atoms with van der Waals surface area (Å²) in [7, 11) is 1.72. The van der Waals surface area contributed by atoms with Gasteiger partial charge in [-0.2, -0.15) is 0 Å². The molecule has 0 fully saturated rings. The number of rotatable bonds is 5. The maximum atomic E-state index is 14.0. The summed E-state index contributed by atoms with van der Waals surface area (Å²) in [5, 5.41) is 13.7. The van der Waals surface area contributed by atoms with Crippen molar-refractivity contribution >= 4 is 5.69 Å². The molecule has 0 aliphatic rings. The van der Waals surface area contributed by atoms with Gasteiger partial charge in [-0.15, -0.1) is 0 Å². The third kappa shape index (κ3) is 3.35. The van der Waals surface area contributed by atoms with E-state index in [1.54, 1.807) is 26.1 Å². The SMILES string of the molecule is CNC(C)c1c(F)cccc1Oc1cccc([N+](=O)[O-])c1. The summed E-state index contributed by atoms with van der Waals surface area (Å²) >= 11 is 0. The monoisotopic (exact) mass is 290 g/mol. The van der Waals surface area contributed by atoms with Crippen LogP contribution in [0.1, 0.15) is 18.5 Å². The van der Waals surface area contributed by atoms with Gasteiger partial charge in [0.25, 0.3) is 5.69 Å². The lowest BCUT2D eigenvalue weighted by molar-refractivity contribution is -0.384. The van der Waals surface area contributed by atoms with Crippen LogP contribution in [0.4, 0.5) is 10.1 Å². The highest BCUT2D eigenvalue weighted by Gasteiger charge is 2.16. The lowest BCUT2D eigenvalue weighted by Gasteiger charge is -2.17. The van der Waals surface area contributed by atoms with Crippen molar-refractivity contribution in [3.05, 3.63) is 64.0 Å². The fourth-order valence-corrected chi connectivity index (χ4v) is 1.96. The first-order valence-corrected chi connectivity index (χ1v) is 6.41. The Balaban J connectivity index is 2.38. The molecular weight excluding hydrogens is 275 g/mol. The molecule has 2 aromatic carbocycles. The molecule has 2 aromatic rings. The van der Waals surface area contributed by atoms with Crippen LogP contribution in [-0.4, -0.2) is 12.0 Å². The molecule has 0 aromatic heterocycles. The molecule has 110 valence electrons. The topological polar surface area (TPSA) is 64.4 Å². The van der Waals surface area contributed by atoms with Gasteiger partial charge in [0, 0.05) is 17.7 Å². The number of hydrogen-bond donors (Lipinski definition) is 1. The first-order chi connectivity index (χ1) is 10.0. The number of benzene rings is 2. The van der Waals surface area contributed by atoms with E-state index in [-0.39, 0.29) is 17.5 Å². The molecule has 0 spiro atoms. The summed E-state index contributed by atoms with van der Waals surface area (Å²) in [6, 6.07) is 10.1. The van der Waals surface area contributed by atoms with Crippen molar-refractivity contribution in [1.82, 2.24) is 5.32 Å². The van der Waals surface area contributed by atoms with Gasteiger partial charge in [0.1, 0.15) is 17.3 Å². The number of non-ortho nitro benzene ring substituents is 1. The predicted octanol–water partition coefficient (Wildman–Crippen LogP) is 3.81. The molecule has 0 bridgehead atoms. The molecule has 5 nitrogen and oxygen atoms in total. The average molecular weight is 290 g/mol. The second-order valence-corrected chi connectivity index (χ2v) is 4.52. The molecule has 21 heavy (non-hydrogen) atoms. The van der Waals surface area contributed by atoms with Gasteiger partial charge >= 0.3 is 0 Å². The molecule has 1 unspecified atom stereocenters. The van der Waals surface area contributed by atoms with Crippen LogP contribution in [-0.2, 0) is 0 Å². The molecule has 0 saturated heterocycles. The van der Waals surface area contributed by atoms with Crippen LogP contribution < -0.4 is 10.1 Å². The van der Waals surface area contributed by atoms with Gasteiger partial charge in [0.05, 0.1) is 11.0 Å². The van der Waals surface area contributed by atoms with Crippen molar-refractivity contribution in [1.29, 1.82) is 0 Å². The Hall–Kier alpha value is -2.47. The summed E-state index contributed by atoms with van der Waals surface area (Å²) in [6.45, 7) is 1.80. The van der Waals surface area contributed by atoms with Gasteiger partial charge in [-0.05, 0) is 32.2 Å². The normalized spacial score (nSPS) is 12.0. The molecule has 1 atom stereocenters. The molecule has 2 rings (SSSR count). The van der Waals surface area contributed by atoms with Crippen LogP contribution in [0.2, 0.25) is 0 Å². The average Bonchev–Trinajstić information content (AvgIpc) is 2.47. The molecule has 0 saturated carbocycles. The Morgan fingerprint density at radius 3 is 2.67 bits per heavy atom. The zero-order chi connectivity index (χ0) is 15.4. The number of ether oxygens (including phenoxy) is 1. The Morgan fingerprint density at radius 2 is 2.00 bits per heavy atom. The number of halogens is 1. The maximum absolute atomic E-state index is 14.0. The van der Waals surface area contributed by atoms with E-state index in [0.29, 0.717) is 17.1 Å². The van der Waals surface area contributed by atoms with E-state index in [1.165, 1.54) is 30.3 Å². The van der Waals surface area contributed by atoms with Gasteiger partial charge in [0.2, 0.25) is 0 Å². The molecule has 6 heteroatoms. The van der Waals surface area contributed by atoms with Crippen molar-refractivity contribution in [2.45, 2.75) is 13.0 Å². The van der Waals surface area contributed by atoms with Crippen LogP contribution in [0.25, 0.3) is 0 Å². The van der Waals surface area contributed by atoms with E-state index in [9.17, 15) is 14.5 Å². The molecule has 0 heterocycles. The van der Waals surface area contributed by atoms with E-state index in [1.807, 2.05) is 0 Å². The molecule has 0 radical (unpaired) electrons. The van der Waals surface area contributed by atoms with Crippen LogP contribution in [0.15, 0.2) is 42.5 Å². The zero-order valence-corrected chi connectivity index (χ0v) is 11.7. The highest BCUT2D eigenvalue weighted by molar-refractivity contribution is 5.44. The Kier molecular flexibility index (Phi) is 4.49. The first kappa shape index (κ1) is 14.9. The Bertz CT molecular complexity index is 661. The number of nitro groups is 1. The van der Waals surface area contributed by atoms with Crippen molar-refractivity contribution < 1.29 is 14.1 Å². The highest BCUT2D eigenvalue weighted by atomic mass is 19.1. The van der Waals surface area contributed by atoms with Crippen LogP contribution in [0.3, 0.4) is 0 Å². The Labute approximate surface area is 121 Å². The fraction of sp³-hybridized carbons (Fsp3) is 0.200. The maximum Gasteiger partial charge on any atom is 0.273 e. The number of nitrogens with one attached hydrogen (secondary N) is 1. The molecular formula is C15H15FN2O3.